The fourth-order valence-corrected chi connectivity index (χ4v) is 4.47. The van der Waals surface area contributed by atoms with Crippen LogP contribution < -0.4 is 4.90 Å². The van der Waals surface area contributed by atoms with Gasteiger partial charge in [-0.2, -0.15) is 0 Å². The molecule has 3 heterocycles. The van der Waals surface area contributed by atoms with E-state index in [9.17, 15) is 14.4 Å². The Morgan fingerprint density at radius 2 is 1.72 bits per heavy atom. The third-order valence-corrected chi connectivity index (χ3v) is 6.02. The molecule has 162 valence electrons. The molecule has 2 aromatic carbocycles. The summed E-state index contributed by atoms with van der Waals surface area (Å²) in [5, 5.41) is 0. The van der Waals surface area contributed by atoms with Crippen LogP contribution >= 0.6 is 0 Å². The third-order valence-electron chi connectivity index (χ3n) is 6.02. The molecule has 8 nitrogen and oxygen atoms in total. The second-order valence-corrected chi connectivity index (χ2v) is 8.22. The Hall–Kier alpha value is -3.94. The first kappa shape index (κ1) is 20.0. The minimum Gasteiger partial charge on any atom is -0.302 e. The summed E-state index contributed by atoms with van der Waals surface area (Å²) in [5.74, 6) is -0.0747. The van der Waals surface area contributed by atoms with Crippen molar-refractivity contribution >= 4 is 35.1 Å². The first-order valence-electron chi connectivity index (χ1n) is 10.4. The van der Waals surface area contributed by atoms with Crippen LogP contribution in [0.4, 0.5) is 10.5 Å². The van der Waals surface area contributed by atoms with E-state index in [1.54, 1.807) is 7.05 Å². The number of hydrogen-bond acceptors (Lipinski definition) is 6. The number of hydrogen-bond donors (Lipinski definition) is 0. The molecule has 0 aromatic heterocycles. The standard InChI is InChI=1S/C24H23N5O3/c1-15-9-7-8-12-18(15)29-19(17-10-5-4-6-11-17)14-27-20-21(25-23(27)29)26(3)24(32)28(22(20)31)13-16(2)30/h4-12,14,20-21H,13H2,1-3H3. The van der Waals surface area contributed by atoms with Crippen molar-refractivity contribution in [3.8, 4) is 0 Å². The molecule has 0 bridgehead atoms. The van der Waals surface area contributed by atoms with Gasteiger partial charge in [0.05, 0.1) is 17.9 Å². The Morgan fingerprint density at radius 3 is 2.41 bits per heavy atom. The quantitative estimate of drug-likeness (QED) is 0.747. The van der Waals surface area contributed by atoms with E-state index >= 15 is 0 Å². The van der Waals surface area contributed by atoms with E-state index < -0.39 is 24.1 Å². The molecular weight excluding hydrogens is 406 g/mol. The van der Waals surface area contributed by atoms with Crippen LogP contribution in [-0.4, -0.2) is 64.2 Å². The summed E-state index contributed by atoms with van der Waals surface area (Å²) >= 11 is 0. The number of guanidine groups is 1. The molecule has 0 aliphatic carbocycles. The lowest BCUT2D eigenvalue weighted by molar-refractivity contribution is -0.139. The summed E-state index contributed by atoms with van der Waals surface area (Å²) in [6, 6.07) is 16.7. The van der Waals surface area contributed by atoms with E-state index in [2.05, 4.69) is 0 Å². The molecule has 0 saturated carbocycles. The fraction of sp³-hybridized carbons (Fsp3) is 0.250. The van der Waals surface area contributed by atoms with Gasteiger partial charge in [0.25, 0.3) is 5.91 Å². The maximum absolute atomic E-state index is 13.4. The van der Waals surface area contributed by atoms with Crippen molar-refractivity contribution < 1.29 is 14.4 Å². The fourth-order valence-electron chi connectivity index (χ4n) is 4.47. The van der Waals surface area contributed by atoms with E-state index in [1.165, 1.54) is 11.8 Å². The highest BCUT2D eigenvalue weighted by atomic mass is 16.2. The van der Waals surface area contributed by atoms with Crippen LogP contribution in [0.15, 0.2) is 65.8 Å². The number of aliphatic imine (C=N–C) groups is 1. The first-order chi connectivity index (χ1) is 15.4. The maximum atomic E-state index is 13.4. The van der Waals surface area contributed by atoms with Crippen molar-refractivity contribution in [3.63, 3.8) is 0 Å². The summed E-state index contributed by atoms with van der Waals surface area (Å²) in [4.78, 5) is 49.0. The molecule has 3 aliphatic rings. The number of likely N-dealkylation sites (N-methyl/N-ethyl adjacent to an activating group) is 1. The number of imide groups is 1. The van der Waals surface area contributed by atoms with Gasteiger partial charge >= 0.3 is 6.03 Å². The number of aryl methyl sites for hydroxylation is 1. The Labute approximate surface area is 186 Å². The number of rotatable bonds is 4. The van der Waals surface area contributed by atoms with Crippen molar-refractivity contribution in [2.75, 3.05) is 18.5 Å². The number of benzene rings is 2. The number of carbonyl (C=O) groups is 3. The van der Waals surface area contributed by atoms with Gasteiger partial charge in [0.2, 0.25) is 5.96 Å². The summed E-state index contributed by atoms with van der Waals surface area (Å²) in [6.07, 6.45) is 1.26. The van der Waals surface area contributed by atoms with Crippen LogP contribution in [-0.2, 0) is 9.59 Å². The molecule has 0 radical (unpaired) electrons. The van der Waals surface area contributed by atoms with Gasteiger partial charge in [0, 0.05) is 18.8 Å². The third kappa shape index (κ3) is 2.90. The summed E-state index contributed by atoms with van der Waals surface area (Å²) in [5.41, 5.74) is 3.88. The number of amides is 3. The van der Waals surface area contributed by atoms with Crippen molar-refractivity contribution in [1.82, 2.24) is 14.7 Å². The van der Waals surface area contributed by atoms with Crippen LogP contribution in [0.1, 0.15) is 18.1 Å². The van der Waals surface area contributed by atoms with E-state index in [0.29, 0.717) is 5.96 Å². The van der Waals surface area contributed by atoms with E-state index in [4.69, 9.17) is 4.99 Å². The average Bonchev–Trinajstić information content (AvgIpc) is 3.32. The molecule has 5 rings (SSSR count). The molecule has 0 N–H and O–H groups in total. The van der Waals surface area contributed by atoms with Gasteiger partial charge in [0.1, 0.15) is 5.78 Å². The van der Waals surface area contributed by atoms with Crippen LogP contribution in [0.25, 0.3) is 5.70 Å². The minimum absolute atomic E-state index is 0.245. The molecule has 32 heavy (non-hydrogen) atoms. The zero-order valence-electron chi connectivity index (χ0n) is 18.1. The molecule has 2 aromatic rings. The smallest absolute Gasteiger partial charge is 0.302 e. The predicted molar refractivity (Wildman–Crippen MR) is 120 cm³/mol. The lowest BCUT2D eigenvalue weighted by atomic mass is 10.1. The lowest BCUT2D eigenvalue weighted by Gasteiger charge is -2.39. The number of nitrogens with zero attached hydrogens (tertiary/aromatic N) is 5. The van der Waals surface area contributed by atoms with Gasteiger partial charge in [0.15, 0.2) is 12.2 Å². The van der Waals surface area contributed by atoms with Crippen molar-refractivity contribution in [2.24, 2.45) is 4.99 Å². The largest absolute Gasteiger partial charge is 0.328 e. The molecule has 1 saturated heterocycles. The van der Waals surface area contributed by atoms with Crippen molar-refractivity contribution in [3.05, 3.63) is 71.9 Å². The van der Waals surface area contributed by atoms with Crippen LogP contribution in [0, 0.1) is 6.92 Å². The molecule has 3 aliphatic heterocycles. The highest BCUT2D eigenvalue weighted by Gasteiger charge is 2.55. The Balaban J connectivity index is 1.63. The molecule has 8 heteroatoms. The second-order valence-electron chi connectivity index (χ2n) is 8.22. The molecule has 0 spiro atoms. The molecule has 3 amide bonds. The van der Waals surface area contributed by atoms with Crippen LogP contribution in [0.5, 0.6) is 0 Å². The number of urea groups is 1. The highest BCUT2D eigenvalue weighted by Crippen LogP contribution is 2.40. The zero-order chi connectivity index (χ0) is 22.6. The predicted octanol–water partition coefficient (Wildman–Crippen LogP) is 2.66. The van der Waals surface area contributed by atoms with Gasteiger partial charge in [-0.3, -0.25) is 24.3 Å². The van der Waals surface area contributed by atoms with Crippen LogP contribution in [0.2, 0.25) is 0 Å². The van der Waals surface area contributed by atoms with E-state index in [0.717, 1.165) is 27.4 Å². The van der Waals surface area contributed by atoms with Crippen molar-refractivity contribution in [1.29, 1.82) is 0 Å². The van der Waals surface area contributed by atoms with Crippen molar-refractivity contribution in [2.45, 2.75) is 26.1 Å². The summed E-state index contributed by atoms with van der Waals surface area (Å²) in [6.45, 7) is 3.15. The van der Waals surface area contributed by atoms with E-state index in [-0.39, 0.29) is 12.3 Å². The Morgan fingerprint density at radius 1 is 1.03 bits per heavy atom. The number of fused-ring (bicyclic) bond motifs is 3. The molecule has 2 atom stereocenters. The normalized spacial score (nSPS) is 22.1. The van der Waals surface area contributed by atoms with Crippen LogP contribution in [0.3, 0.4) is 0 Å². The van der Waals surface area contributed by atoms with Gasteiger partial charge < -0.3 is 4.90 Å². The minimum atomic E-state index is -0.722. The number of anilines is 1. The topological polar surface area (TPSA) is 76.5 Å². The summed E-state index contributed by atoms with van der Waals surface area (Å²) in [7, 11) is 1.62. The number of Topliss-reactive ketones (excluding diaryl/α,β-unsaturated/α-hetero) is 1. The maximum Gasteiger partial charge on any atom is 0.328 e. The monoisotopic (exact) mass is 429 g/mol. The molecular formula is C24H23N5O3. The molecule has 1 fully saturated rings. The van der Waals surface area contributed by atoms with Gasteiger partial charge in [-0.05, 0) is 25.5 Å². The zero-order valence-corrected chi connectivity index (χ0v) is 18.1. The van der Waals surface area contributed by atoms with E-state index in [1.807, 2.05) is 77.5 Å². The van der Waals surface area contributed by atoms with Gasteiger partial charge in [-0.15, -0.1) is 0 Å². The Kier molecular flexibility index (Phi) is 4.58. The number of ketones is 1. The SMILES string of the molecule is CC(=O)CN1C(=O)C2C(N=C3N(c4ccccc4C)C(c4ccccc4)=CN32)N(C)C1=O. The highest BCUT2D eigenvalue weighted by molar-refractivity contribution is 6.16. The Bertz CT molecular complexity index is 1190. The van der Waals surface area contributed by atoms with Gasteiger partial charge in [-0.25, -0.2) is 9.79 Å². The van der Waals surface area contributed by atoms with Gasteiger partial charge in [-0.1, -0.05) is 48.5 Å². The summed E-state index contributed by atoms with van der Waals surface area (Å²) < 4.78 is 0. The molecule has 2 unspecified atom stereocenters. The lowest BCUT2D eigenvalue weighted by Crippen LogP contribution is -2.64. The second kappa shape index (κ2) is 7.33. The average molecular weight is 429 g/mol. The first-order valence-corrected chi connectivity index (χ1v) is 10.4. The number of para-hydroxylation sites is 1. The number of carbonyl (C=O) groups excluding carboxylic acids is 3.